The van der Waals surface area contributed by atoms with E-state index >= 15 is 0 Å². The number of rotatable bonds is 2. The van der Waals surface area contributed by atoms with Gasteiger partial charge in [0, 0.05) is 37.2 Å². The van der Waals surface area contributed by atoms with Crippen molar-refractivity contribution in [3.8, 4) is 0 Å². The molecule has 120 valence electrons. The van der Waals surface area contributed by atoms with Crippen LogP contribution in [-0.2, 0) is 11.8 Å². The summed E-state index contributed by atoms with van der Waals surface area (Å²) in [4.78, 5) is 26.5. The van der Waals surface area contributed by atoms with Gasteiger partial charge in [-0.2, -0.15) is 0 Å². The Bertz CT molecular complexity index is 810. The lowest BCUT2D eigenvalue weighted by Crippen LogP contribution is -2.37. The summed E-state index contributed by atoms with van der Waals surface area (Å²) in [6.07, 6.45) is 4.40. The van der Waals surface area contributed by atoms with Gasteiger partial charge < -0.3 is 14.6 Å². The summed E-state index contributed by atoms with van der Waals surface area (Å²) < 4.78 is 1.95. The van der Waals surface area contributed by atoms with Crippen molar-refractivity contribution in [3.63, 3.8) is 0 Å². The normalized spacial score (nSPS) is 26.7. The highest BCUT2D eigenvalue weighted by Crippen LogP contribution is 2.49. The number of carbonyl (C=O) groups excluding carboxylic acids is 1. The third-order valence-electron chi connectivity index (χ3n) is 5.71. The SMILES string of the molecule is Cn1cc(C(=O)N2C[C@@H]3CCC[C@@]3(C(=O)O)C2)c2ccccc21. The van der Waals surface area contributed by atoms with Crippen LogP contribution in [-0.4, -0.2) is 39.5 Å². The molecule has 1 amide bonds. The van der Waals surface area contributed by atoms with Crippen molar-refractivity contribution >= 4 is 22.8 Å². The Balaban J connectivity index is 1.69. The van der Waals surface area contributed by atoms with Crippen LogP contribution in [0.3, 0.4) is 0 Å². The van der Waals surface area contributed by atoms with Gasteiger partial charge in [0.15, 0.2) is 0 Å². The number of benzene rings is 1. The van der Waals surface area contributed by atoms with E-state index in [4.69, 9.17) is 0 Å². The zero-order chi connectivity index (χ0) is 16.2. The molecular weight excluding hydrogens is 292 g/mol. The lowest BCUT2D eigenvalue weighted by atomic mass is 9.81. The van der Waals surface area contributed by atoms with E-state index in [0.717, 1.165) is 23.7 Å². The minimum atomic E-state index is -0.742. The molecule has 0 radical (unpaired) electrons. The van der Waals surface area contributed by atoms with Gasteiger partial charge in [0.2, 0.25) is 0 Å². The average molecular weight is 312 g/mol. The van der Waals surface area contributed by atoms with Crippen molar-refractivity contribution in [2.24, 2.45) is 18.4 Å². The van der Waals surface area contributed by atoms with Gasteiger partial charge in [-0.25, -0.2) is 0 Å². The summed E-state index contributed by atoms with van der Waals surface area (Å²) in [5.74, 6) is -0.691. The molecule has 5 nitrogen and oxygen atoms in total. The van der Waals surface area contributed by atoms with Crippen LogP contribution in [0.5, 0.6) is 0 Å². The highest BCUT2D eigenvalue weighted by molar-refractivity contribution is 6.07. The molecule has 1 N–H and O–H groups in total. The molecule has 5 heteroatoms. The second-order valence-corrected chi connectivity index (χ2v) is 6.91. The Kier molecular flexibility index (Phi) is 3.01. The molecule has 1 aromatic carbocycles. The van der Waals surface area contributed by atoms with Crippen molar-refractivity contribution in [2.45, 2.75) is 19.3 Å². The number of hydrogen-bond donors (Lipinski definition) is 1. The number of fused-ring (bicyclic) bond motifs is 2. The monoisotopic (exact) mass is 312 g/mol. The summed E-state index contributed by atoms with van der Waals surface area (Å²) in [7, 11) is 1.93. The lowest BCUT2D eigenvalue weighted by molar-refractivity contribution is -0.149. The Morgan fingerprint density at radius 3 is 2.83 bits per heavy atom. The van der Waals surface area contributed by atoms with Gasteiger partial charge in [-0.05, 0) is 24.8 Å². The number of carboxylic acids is 1. The van der Waals surface area contributed by atoms with E-state index in [9.17, 15) is 14.7 Å². The molecule has 23 heavy (non-hydrogen) atoms. The number of carboxylic acid groups (broad SMARTS) is 1. The van der Waals surface area contributed by atoms with Crippen LogP contribution in [0.25, 0.3) is 10.9 Å². The summed E-state index contributed by atoms with van der Waals surface area (Å²) in [6.45, 7) is 0.906. The maximum atomic E-state index is 13.0. The molecule has 0 spiro atoms. The number of likely N-dealkylation sites (tertiary alicyclic amines) is 1. The Hall–Kier alpha value is -2.30. The molecule has 2 fully saturated rings. The third kappa shape index (κ3) is 1.92. The number of para-hydroxylation sites is 1. The number of aromatic nitrogens is 1. The maximum Gasteiger partial charge on any atom is 0.311 e. The molecule has 2 atom stereocenters. The van der Waals surface area contributed by atoms with E-state index in [-0.39, 0.29) is 11.8 Å². The van der Waals surface area contributed by atoms with Gasteiger partial charge >= 0.3 is 5.97 Å². The van der Waals surface area contributed by atoms with Gasteiger partial charge in [0.05, 0.1) is 11.0 Å². The molecule has 1 aliphatic carbocycles. The third-order valence-corrected chi connectivity index (χ3v) is 5.71. The first kappa shape index (κ1) is 14.3. The summed E-state index contributed by atoms with van der Waals surface area (Å²) >= 11 is 0. The first-order chi connectivity index (χ1) is 11.0. The van der Waals surface area contributed by atoms with Crippen molar-refractivity contribution in [2.75, 3.05) is 13.1 Å². The largest absolute Gasteiger partial charge is 0.481 e. The first-order valence-corrected chi connectivity index (χ1v) is 8.10. The molecule has 2 heterocycles. The Labute approximate surface area is 134 Å². The van der Waals surface area contributed by atoms with Gasteiger partial charge in [-0.15, -0.1) is 0 Å². The topological polar surface area (TPSA) is 62.5 Å². The van der Waals surface area contributed by atoms with Crippen molar-refractivity contribution < 1.29 is 14.7 Å². The van der Waals surface area contributed by atoms with Gasteiger partial charge in [-0.3, -0.25) is 9.59 Å². The quantitative estimate of drug-likeness (QED) is 0.927. The van der Waals surface area contributed by atoms with Crippen LogP contribution in [0.4, 0.5) is 0 Å². The molecule has 1 aliphatic heterocycles. The Morgan fingerprint density at radius 2 is 2.09 bits per heavy atom. The first-order valence-electron chi connectivity index (χ1n) is 8.10. The standard InChI is InChI=1S/C18H20N2O3/c1-19-10-14(13-6-2-3-7-15(13)19)16(21)20-9-12-5-4-8-18(12,11-20)17(22)23/h2-3,6-7,10,12H,4-5,8-9,11H2,1H3,(H,22,23)/t12-,18+/m0/s1. The zero-order valence-electron chi connectivity index (χ0n) is 13.2. The van der Waals surface area contributed by atoms with E-state index in [1.807, 2.05) is 42.1 Å². The second-order valence-electron chi connectivity index (χ2n) is 6.91. The highest BCUT2D eigenvalue weighted by atomic mass is 16.4. The number of nitrogens with zero attached hydrogens (tertiary/aromatic N) is 2. The molecular formula is C18H20N2O3. The molecule has 0 unspecified atom stereocenters. The van der Waals surface area contributed by atoms with Crippen molar-refractivity contribution in [1.82, 2.24) is 9.47 Å². The van der Waals surface area contributed by atoms with Gasteiger partial charge in [0.1, 0.15) is 0 Å². The summed E-state index contributed by atoms with van der Waals surface area (Å²) in [6, 6.07) is 7.82. The number of amides is 1. The number of hydrogen-bond acceptors (Lipinski definition) is 2. The summed E-state index contributed by atoms with van der Waals surface area (Å²) in [5, 5.41) is 10.6. The molecule has 1 saturated heterocycles. The number of aryl methyl sites for hydroxylation is 1. The van der Waals surface area contributed by atoms with Crippen LogP contribution in [0, 0.1) is 11.3 Å². The maximum absolute atomic E-state index is 13.0. The van der Waals surface area contributed by atoms with E-state index in [0.29, 0.717) is 25.1 Å². The van der Waals surface area contributed by atoms with Crippen LogP contribution in [0.2, 0.25) is 0 Å². The summed E-state index contributed by atoms with van der Waals surface area (Å²) in [5.41, 5.74) is 0.965. The number of aliphatic carboxylic acids is 1. The average Bonchev–Trinajstić information content (AvgIpc) is 3.18. The lowest BCUT2D eigenvalue weighted by Gasteiger charge is -2.23. The zero-order valence-corrected chi connectivity index (χ0v) is 13.2. The molecule has 1 saturated carbocycles. The van der Waals surface area contributed by atoms with Crippen LogP contribution in [0.1, 0.15) is 29.6 Å². The fourth-order valence-corrected chi connectivity index (χ4v) is 4.48. The van der Waals surface area contributed by atoms with E-state index < -0.39 is 11.4 Å². The minimum Gasteiger partial charge on any atom is -0.481 e. The van der Waals surface area contributed by atoms with Crippen molar-refractivity contribution in [1.29, 1.82) is 0 Å². The van der Waals surface area contributed by atoms with Crippen LogP contribution < -0.4 is 0 Å². The van der Waals surface area contributed by atoms with Crippen LogP contribution in [0.15, 0.2) is 30.5 Å². The predicted octanol–water partition coefficient (Wildman–Crippen LogP) is 2.51. The van der Waals surface area contributed by atoms with Gasteiger partial charge in [-0.1, -0.05) is 24.6 Å². The molecule has 2 aliphatic rings. The fourth-order valence-electron chi connectivity index (χ4n) is 4.48. The predicted molar refractivity (Wildman–Crippen MR) is 86.2 cm³/mol. The highest BCUT2D eigenvalue weighted by Gasteiger charge is 2.55. The van der Waals surface area contributed by atoms with E-state index in [1.54, 1.807) is 4.90 Å². The van der Waals surface area contributed by atoms with E-state index in [1.165, 1.54) is 0 Å². The molecule has 0 bridgehead atoms. The van der Waals surface area contributed by atoms with Gasteiger partial charge in [0.25, 0.3) is 5.91 Å². The molecule has 4 rings (SSSR count). The van der Waals surface area contributed by atoms with E-state index in [2.05, 4.69) is 0 Å². The van der Waals surface area contributed by atoms with Crippen LogP contribution >= 0.6 is 0 Å². The number of carbonyl (C=O) groups is 2. The second kappa shape index (κ2) is 4.85. The Morgan fingerprint density at radius 1 is 1.30 bits per heavy atom. The minimum absolute atomic E-state index is 0.0446. The molecule has 2 aromatic rings. The van der Waals surface area contributed by atoms with Crippen molar-refractivity contribution in [3.05, 3.63) is 36.0 Å². The fraction of sp³-hybridized carbons (Fsp3) is 0.444. The smallest absolute Gasteiger partial charge is 0.311 e. The molecule has 1 aromatic heterocycles.